The lowest BCUT2D eigenvalue weighted by molar-refractivity contribution is -0.142. The minimum absolute atomic E-state index is 0.0139. The summed E-state index contributed by atoms with van der Waals surface area (Å²) in [5, 5.41) is 66.2. The zero-order chi connectivity index (χ0) is 82.6. The number of rotatable bonds is 36. The number of carbonyl (C=O) groups is 13. The molecule has 10 amide bonds. The number of aromatic hydroxyl groups is 1. The minimum atomic E-state index is -1.33. The van der Waals surface area contributed by atoms with Crippen molar-refractivity contribution in [1.29, 1.82) is 0 Å². The van der Waals surface area contributed by atoms with Gasteiger partial charge in [-0.2, -0.15) is 0 Å². The Labute approximate surface area is 675 Å². The van der Waals surface area contributed by atoms with Crippen molar-refractivity contribution in [3.63, 3.8) is 0 Å². The van der Waals surface area contributed by atoms with Crippen molar-refractivity contribution >= 4 is 116 Å². The SMILES string of the molecule is Cc1ccc(CCCC(=O)NCCNC(=O)C(CCCCNC(=O)c2ccc(C(=O)NCCC[C@@H]3C(=O)N[C@@H](CCCN=C(N)N)C(=O)N[C@@H](Cc4ccc5ccccc5c4)C(=O)NCC(=O)N[C@H](Cc4ccc(O)c(I)c4)C(=O)N3C)cc2)NC(=O)CN2CCN(CC(=O)O)CCN(CC(=O)O)CCN(CC(=O)O)CC2)cc1. The highest BCUT2D eigenvalue weighted by Gasteiger charge is 2.36. The van der Waals surface area contributed by atoms with Crippen LogP contribution < -0.4 is 59.3 Å². The molecule has 2 aliphatic heterocycles. The van der Waals surface area contributed by atoms with Crippen LogP contribution in [0.15, 0.2) is 114 Å². The van der Waals surface area contributed by atoms with E-state index in [9.17, 15) is 82.8 Å². The number of phenols is 1. The molecule has 2 fully saturated rings. The smallest absolute Gasteiger partial charge is 0.317 e. The molecule has 1 unspecified atom stereocenters. The Bertz CT molecular complexity index is 4140. The van der Waals surface area contributed by atoms with Crippen LogP contribution in [0.1, 0.15) is 101 Å². The number of aliphatic imine (C=N–C) groups is 1. The van der Waals surface area contributed by atoms with Crippen LogP contribution in [0, 0.1) is 10.5 Å². The van der Waals surface area contributed by atoms with Crippen molar-refractivity contribution in [3.05, 3.63) is 146 Å². The van der Waals surface area contributed by atoms with Crippen LogP contribution in [0.5, 0.6) is 5.75 Å². The number of amides is 10. The number of halogens is 1. The van der Waals surface area contributed by atoms with Gasteiger partial charge >= 0.3 is 17.9 Å². The van der Waals surface area contributed by atoms with Crippen LogP contribution in [0.2, 0.25) is 0 Å². The average molecular weight is 1690 g/mol. The lowest BCUT2D eigenvalue weighted by Crippen LogP contribution is -2.58. The molecule has 7 rings (SSSR count). The second-order valence-corrected chi connectivity index (χ2v) is 29.5. The van der Waals surface area contributed by atoms with Crippen molar-refractivity contribution in [3.8, 4) is 5.75 Å². The Balaban J connectivity index is 0.981. The van der Waals surface area contributed by atoms with Crippen molar-refractivity contribution in [2.24, 2.45) is 16.5 Å². The molecule has 2 heterocycles. The summed E-state index contributed by atoms with van der Waals surface area (Å²) in [4.78, 5) is 187. The van der Waals surface area contributed by atoms with Crippen molar-refractivity contribution in [1.82, 2.24) is 72.4 Å². The van der Waals surface area contributed by atoms with Crippen LogP contribution in [-0.4, -0.2) is 283 Å². The number of nitrogens with two attached hydrogens (primary N) is 2. The van der Waals surface area contributed by atoms with Gasteiger partial charge in [-0.15, -0.1) is 0 Å². The van der Waals surface area contributed by atoms with E-state index >= 15 is 0 Å². The van der Waals surface area contributed by atoms with Gasteiger partial charge in [-0.05, 0) is 151 Å². The maximum atomic E-state index is 14.8. The number of nitrogens with one attached hydrogen (secondary N) is 9. The fourth-order valence-corrected chi connectivity index (χ4v) is 13.7. The summed E-state index contributed by atoms with van der Waals surface area (Å²) in [6.45, 7) is 1.68. The number of benzene rings is 5. The molecular formula is C79H106IN17O17. The minimum Gasteiger partial charge on any atom is -0.507 e. The Hall–Kier alpha value is -10.9. The zero-order valence-corrected chi connectivity index (χ0v) is 66.5. The van der Waals surface area contributed by atoms with E-state index in [1.807, 2.05) is 96.2 Å². The molecule has 0 aromatic heterocycles. The first-order valence-electron chi connectivity index (χ1n) is 38.1. The first kappa shape index (κ1) is 90.3. The molecule has 17 N–H and O–H groups in total. The predicted octanol–water partition coefficient (Wildman–Crippen LogP) is 0.0342. The van der Waals surface area contributed by atoms with Crippen LogP contribution in [0.3, 0.4) is 0 Å². The van der Waals surface area contributed by atoms with Crippen LogP contribution in [0.25, 0.3) is 10.8 Å². The highest BCUT2D eigenvalue weighted by Crippen LogP contribution is 2.23. The molecule has 0 radical (unpaired) electrons. The molecule has 616 valence electrons. The average Bonchev–Trinajstić information content (AvgIpc) is 1.40. The Morgan fingerprint density at radius 2 is 1.08 bits per heavy atom. The molecule has 0 aliphatic carbocycles. The first-order chi connectivity index (χ1) is 54.5. The summed E-state index contributed by atoms with van der Waals surface area (Å²) in [5.41, 5.74) is 15.1. The van der Waals surface area contributed by atoms with Crippen molar-refractivity contribution < 1.29 is 82.8 Å². The van der Waals surface area contributed by atoms with E-state index < -0.39 is 108 Å². The van der Waals surface area contributed by atoms with E-state index in [1.165, 1.54) is 37.4 Å². The lowest BCUT2D eigenvalue weighted by Gasteiger charge is -2.33. The van der Waals surface area contributed by atoms with Crippen molar-refractivity contribution in [2.75, 3.05) is 125 Å². The third-order valence-electron chi connectivity index (χ3n) is 19.4. The molecule has 5 atom stereocenters. The summed E-state index contributed by atoms with van der Waals surface area (Å²) in [7, 11) is 1.37. The molecule has 35 heteroatoms. The van der Waals surface area contributed by atoms with Gasteiger partial charge in [0.2, 0.25) is 47.3 Å². The molecule has 114 heavy (non-hydrogen) atoms. The summed E-state index contributed by atoms with van der Waals surface area (Å²) in [6, 6.07) is 25.3. The van der Waals surface area contributed by atoms with E-state index in [2.05, 4.69) is 52.8 Å². The number of phenolic OH excluding ortho intramolecular Hbond substituents is 1. The standard InChI is InChI=1S/C79H106IN17O17/c1-51-17-19-52(20-18-51)10-7-16-66(99)83-32-33-86-74(110)60(89-68(101)47-94-34-36-95(48-69(102)103)38-40-97(50-71(106)107)41-39-96(37-35-94)49-70(104)105)13-5-6-29-84-72(108)56-24-26-57(27-25-56)73(109)85-30-9-15-64-77(113)91-61(14-8-31-87-79(81)82)76(112)92-62(44-53-21-23-55-11-3-4-12-58(55)42-53)75(111)88-46-67(100)90-63(78(114)93(64)2)45-54-22-28-65(98)59(80)43-54/h3-4,11-12,17-28,42-43,60-64,98H,5-10,13-16,29-41,44-50H2,1-2H3,(H,83,99)(H,84,108)(H,85,109)(H,86,110)(H,88,111)(H,89,101)(H,90,100)(H,91,113)(H,92,112)(H,102,103)(H,104,105)(H,106,107)(H4,81,82,87)/t60?,61-,62-,63+,64+/m0/s1. The van der Waals surface area contributed by atoms with Gasteiger partial charge in [0.15, 0.2) is 5.96 Å². The first-order valence-corrected chi connectivity index (χ1v) is 39.2. The number of carboxylic acid groups (broad SMARTS) is 3. The molecular weight excluding hydrogens is 1590 g/mol. The van der Waals surface area contributed by atoms with Gasteiger partial charge in [0.05, 0.1) is 36.3 Å². The third-order valence-corrected chi connectivity index (χ3v) is 20.3. The molecule has 0 saturated carbocycles. The van der Waals surface area contributed by atoms with Gasteiger partial charge in [-0.1, -0.05) is 78.4 Å². The molecule has 5 aromatic rings. The quantitative estimate of drug-likeness (QED) is 0.0109. The lowest BCUT2D eigenvalue weighted by atomic mass is 10.00. The number of carbonyl (C=O) groups excluding carboxylic acids is 10. The number of fused-ring (bicyclic) bond motifs is 1. The molecule has 2 saturated heterocycles. The van der Waals surface area contributed by atoms with Gasteiger partial charge in [0.1, 0.15) is 36.0 Å². The monoisotopic (exact) mass is 1690 g/mol. The van der Waals surface area contributed by atoms with Gasteiger partial charge < -0.3 is 84.6 Å². The summed E-state index contributed by atoms with van der Waals surface area (Å²) < 4.78 is 0.463. The van der Waals surface area contributed by atoms with E-state index in [1.54, 1.807) is 31.7 Å². The van der Waals surface area contributed by atoms with E-state index in [0.717, 1.165) is 26.8 Å². The normalized spacial score (nSPS) is 17.8. The number of guanidine groups is 1. The zero-order valence-electron chi connectivity index (χ0n) is 64.3. The molecule has 0 bridgehead atoms. The number of aryl methyl sites for hydroxylation is 2. The molecule has 0 spiro atoms. The summed E-state index contributed by atoms with van der Waals surface area (Å²) in [5.74, 6) is -9.58. The van der Waals surface area contributed by atoms with Gasteiger partial charge in [-0.25, -0.2) is 0 Å². The van der Waals surface area contributed by atoms with Crippen LogP contribution in [-0.2, 0) is 72.0 Å². The van der Waals surface area contributed by atoms with Gasteiger partial charge in [-0.3, -0.25) is 86.9 Å². The third kappa shape index (κ3) is 31.9. The number of likely N-dealkylation sites (N-methyl/N-ethyl adjacent to an activating group) is 1. The Morgan fingerprint density at radius 1 is 0.544 bits per heavy atom. The van der Waals surface area contributed by atoms with E-state index in [0.29, 0.717) is 40.4 Å². The number of hydrogen-bond donors (Lipinski definition) is 15. The maximum Gasteiger partial charge on any atom is 0.317 e. The van der Waals surface area contributed by atoms with Gasteiger partial charge in [0.25, 0.3) is 11.8 Å². The second-order valence-electron chi connectivity index (χ2n) is 28.4. The largest absolute Gasteiger partial charge is 0.507 e. The number of aliphatic carboxylic acids is 3. The highest BCUT2D eigenvalue weighted by atomic mass is 127. The number of unbranched alkanes of at least 4 members (excludes halogenated alkanes) is 1. The molecule has 2 aliphatic rings. The number of nitrogens with zero attached hydrogens (tertiary/aromatic N) is 6. The summed E-state index contributed by atoms with van der Waals surface area (Å²) >= 11 is 1.93. The van der Waals surface area contributed by atoms with E-state index in [4.69, 9.17) is 11.5 Å². The van der Waals surface area contributed by atoms with Gasteiger partial charge in [0, 0.05) is 123 Å². The van der Waals surface area contributed by atoms with Crippen LogP contribution >= 0.6 is 22.6 Å². The topological polar surface area (TPSA) is 492 Å². The van der Waals surface area contributed by atoms with Crippen molar-refractivity contribution in [2.45, 2.75) is 114 Å². The second kappa shape index (κ2) is 47.0. The molecule has 34 nitrogen and oxygen atoms in total. The predicted molar refractivity (Wildman–Crippen MR) is 432 cm³/mol. The molecule has 5 aromatic carbocycles. The highest BCUT2D eigenvalue weighted by molar-refractivity contribution is 14.1. The maximum absolute atomic E-state index is 14.8. The Morgan fingerprint density at radius 3 is 1.67 bits per heavy atom. The number of carboxylic acids is 3. The fraction of sp³-hybridized carbons (Fsp3) is 0.468. The summed E-state index contributed by atoms with van der Waals surface area (Å²) in [6.07, 6.45) is 2.38. The van der Waals surface area contributed by atoms with E-state index in [-0.39, 0.29) is 191 Å². The fourth-order valence-electron chi connectivity index (χ4n) is 13.1. The Kier molecular flexibility index (Phi) is 37.2. The van der Waals surface area contributed by atoms with Crippen LogP contribution in [0.4, 0.5) is 0 Å². The number of hydrogen-bond acceptors (Lipinski definition) is 19.